The quantitative estimate of drug-likeness (QED) is 0.0346. The first-order valence-electron chi connectivity index (χ1n) is 27.8. The number of carbonyl (C=O) groups is 2. The zero-order valence-corrected chi connectivity index (χ0v) is 42.8. The van der Waals surface area contributed by atoms with Gasteiger partial charge in [-0.1, -0.05) is 216 Å². The van der Waals surface area contributed by atoms with Gasteiger partial charge in [-0.3, -0.25) is 9.59 Å². The molecule has 64 heavy (non-hydrogen) atoms. The first-order chi connectivity index (χ1) is 31.6. The zero-order valence-electron chi connectivity index (χ0n) is 42.8. The van der Waals surface area contributed by atoms with Crippen LogP contribution in [0.4, 0.5) is 0 Å². The molecule has 0 aliphatic carbocycles. The summed E-state index contributed by atoms with van der Waals surface area (Å²) in [5, 5.41) is 0. The van der Waals surface area contributed by atoms with E-state index in [0.717, 1.165) is 77.0 Å². The van der Waals surface area contributed by atoms with E-state index in [-0.39, 0.29) is 25.2 Å². The molecule has 0 saturated heterocycles. The van der Waals surface area contributed by atoms with Gasteiger partial charge in [0, 0.05) is 19.4 Å². The van der Waals surface area contributed by atoms with E-state index in [1.807, 2.05) is 0 Å². The van der Waals surface area contributed by atoms with Gasteiger partial charge in [0.15, 0.2) is 6.10 Å². The highest BCUT2D eigenvalue weighted by Gasteiger charge is 2.17. The van der Waals surface area contributed by atoms with Crippen LogP contribution in [0.25, 0.3) is 0 Å². The van der Waals surface area contributed by atoms with Gasteiger partial charge in [-0.05, 0) is 109 Å². The lowest BCUT2D eigenvalue weighted by molar-refractivity contribution is -0.163. The van der Waals surface area contributed by atoms with Crippen LogP contribution < -0.4 is 0 Å². The fourth-order valence-corrected chi connectivity index (χ4v) is 7.80. The number of carbonyl (C=O) groups excluding carboxylic acids is 2. The minimum atomic E-state index is -0.549. The molecule has 0 aromatic rings. The highest BCUT2D eigenvalue weighted by atomic mass is 16.6. The maximum atomic E-state index is 12.8. The third-order valence-electron chi connectivity index (χ3n) is 12.0. The molecule has 0 aliphatic rings. The molecule has 0 N–H and O–H groups in total. The van der Waals surface area contributed by atoms with Gasteiger partial charge >= 0.3 is 11.9 Å². The maximum Gasteiger partial charge on any atom is 0.306 e. The molecule has 0 bridgehead atoms. The Labute approximate surface area is 398 Å². The topological polar surface area (TPSA) is 61.8 Å². The highest BCUT2D eigenvalue weighted by Crippen LogP contribution is 2.14. The second-order valence-electron chi connectivity index (χ2n) is 18.5. The summed E-state index contributed by atoms with van der Waals surface area (Å²) in [5.41, 5.74) is 0. The second-order valence-corrected chi connectivity index (χ2v) is 18.5. The average Bonchev–Trinajstić information content (AvgIpc) is 3.30. The van der Waals surface area contributed by atoms with Crippen molar-refractivity contribution in [2.45, 2.75) is 284 Å². The van der Waals surface area contributed by atoms with Crippen LogP contribution in [0.1, 0.15) is 278 Å². The molecule has 0 aromatic heterocycles. The predicted octanol–water partition coefficient (Wildman–Crippen LogP) is 18.9. The Morgan fingerprint density at radius 2 is 0.656 bits per heavy atom. The van der Waals surface area contributed by atoms with Gasteiger partial charge in [0.25, 0.3) is 0 Å². The standard InChI is InChI=1S/C59H106O5/c1-4-7-10-13-16-19-22-25-27-29-30-31-32-35-37-40-43-46-49-52-58(60)63-56-57(64-59(61)53-50-47-44-41-38-34-24-21-18-15-12-9-6-3)55-62-54-51-48-45-42-39-36-33-28-26-23-20-17-14-11-8-5-2/h16,19,21,24-28,30-31,57H,4-15,17-18,20,22-23,29,32-56H2,1-3H3/b19-16-,24-21-,27-25-,28-26-,31-30-. The molecule has 372 valence electrons. The normalized spacial score (nSPS) is 12.6. The van der Waals surface area contributed by atoms with Crippen LogP contribution >= 0.6 is 0 Å². The Bertz CT molecular complexity index is 1100. The smallest absolute Gasteiger partial charge is 0.306 e. The van der Waals surface area contributed by atoms with Crippen molar-refractivity contribution in [1.29, 1.82) is 0 Å². The molecule has 0 aromatic carbocycles. The molecule has 0 aliphatic heterocycles. The van der Waals surface area contributed by atoms with Gasteiger partial charge < -0.3 is 14.2 Å². The highest BCUT2D eigenvalue weighted by molar-refractivity contribution is 5.70. The molecule has 0 heterocycles. The van der Waals surface area contributed by atoms with Crippen LogP contribution in [0.15, 0.2) is 60.8 Å². The number of unbranched alkanes of at least 4 members (excludes halogenated alkanes) is 30. The van der Waals surface area contributed by atoms with E-state index in [4.69, 9.17) is 14.2 Å². The number of hydrogen-bond donors (Lipinski definition) is 0. The summed E-state index contributed by atoms with van der Waals surface area (Å²) in [6.45, 7) is 7.77. The summed E-state index contributed by atoms with van der Waals surface area (Å²) in [6.07, 6.45) is 69.4. The number of ether oxygens (including phenoxy) is 3. The lowest BCUT2D eigenvalue weighted by Crippen LogP contribution is -2.30. The third kappa shape index (κ3) is 52.2. The Kier molecular flexibility index (Phi) is 52.9. The Balaban J connectivity index is 4.28. The van der Waals surface area contributed by atoms with Crippen molar-refractivity contribution >= 4 is 11.9 Å². The summed E-state index contributed by atoms with van der Waals surface area (Å²) >= 11 is 0. The first-order valence-corrected chi connectivity index (χ1v) is 27.8. The SMILES string of the molecule is CCCCC/C=C\C/C=C\C/C=C\CCCCCCCCC(=O)OCC(COCCCCCCCC/C=C\CCCCCCCC)OC(=O)CCCCCCC/C=C\CCCCCC. The van der Waals surface area contributed by atoms with Crippen LogP contribution in [0.5, 0.6) is 0 Å². The summed E-state index contributed by atoms with van der Waals surface area (Å²) in [5.74, 6) is -0.417. The summed E-state index contributed by atoms with van der Waals surface area (Å²) < 4.78 is 17.4. The number of rotatable bonds is 51. The van der Waals surface area contributed by atoms with E-state index in [1.165, 1.54) is 167 Å². The van der Waals surface area contributed by atoms with Gasteiger partial charge in [0.1, 0.15) is 6.61 Å². The average molecular weight is 895 g/mol. The van der Waals surface area contributed by atoms with E-state index < -0.39 is 6.10 Å². The fraction of sp³-hybridized carbons (Fsp3) is 0.797. The van der Waals surface area contributed by atoms with E-state index in [1.54, 1.807) is 0 Å². The van der Waals surface area contributed by atoms with Gasteiger partial charge in [0.05, 0.1) is 6.61 Å². The van der Waals surface area contributed by atoms with Crippen molar-refractivity contribution in [3.8, 4) is 0 Å². The number of hydrogen-bond acceptors (Lipinski definition) is 5. The Hall–Kier alpha value is -2.40. The van der Waals surface area contributed by atoms with Crippen molar-refractivity contribution in [2.75, 3.05) is 19.8 Å². The van der Waals surface area contributed by atoms with Crippen molar-refractivity contribution in [3.05, 3.63) is 60.8 Å². The Morgan fingerprint density at radius 3 is 1.11 bits per heavy atom. The molecule has 0 amide bonds. The third-order valence-corrected chi connectivity index (χ3v) is 12.0. The van der Waals surface area contributed by atoms with Crippen LogP contribution in [-0.4, -0.2) is 37.9 Å². The fourth-order valence-electron chi connectivity index (χ4n) is 7.80. The minimum Gasteiger partial charge on any atom is -0.462 e. The molecular weight excluding hydrogens is 789 g/mol. The molecule has 5 nitrogen and oxygen atoms in total. The molecule has 0 rings (SSSR count). The molecule has 5 heteroatoms. The van der Waals surface area contributed by atoms with Crippen LogP contribution in [0.3, 0.4) is 0 Å². The van der Waals surface area contributed by atoms with Gasteiger partial charge in [-0.25, -0.2) is 0 Å². The molecule has 0 saturated carbocycles. The van der Waals surface area contributed by atoms with Crippen LogP contribution in [-0.2, 0) is 23.8 Å². The first kappa shape index (κ1) is 61.6. The van der Waals surface area contributed by atoms with E-state index in [2.05, 4.69) is 81.5 Å². The van der Waals surface area contributed by atoms with Crippen molar-refractivity contribution in [3.63, 3.8) is 0 Å². The minimum absolute atomic E-state index is 0.0730. The molecule has 0 radical (unpaired) electrons. The monoisotopic (exact) mass is 895 g/mol. The zero-order chi connectivity index (χ0) is 46.3. The second kappa shape index (κ2) is 54.9. The summed E-state index contributed by atoms with van der Waals surface area (Å²) in [6, 6.07) is 0. The van der Waals surface area contributed by atoms with Gasteiger partial charge in [-0.2, -0.15) is 0 Å². The molecule has 0 spiro atoms. The lowest BCUT2D eigenvalue weighted by Gasteiger charge is -2.18. The van der Waals surface area contributed by atoms with E-state index in [0.29, 0.717) is 19.4 Å². The largest absolute Gasteiger partial charge is 0.462 e. The van der Waals surface area contributed by atoms with Gasteiger partial charge in [0.2, 0.25) is 0 Å². The molecular formula is C59H106O5. The van der Waals surface area contributed by atoms with E-state index >= 15 is 0 Å². The van der Waals surface area contributed by atoms with Crippen molar-refractivity contribution in [1.82, 2.24) is 0 Å². The maximum absolute atomic E-state index is 12.8. The molecule has 0 fully saturated rings. The van der Waals surface area contributed by atoms with Gasteiger partial charge in [-0.15, -0.1) is 0 Å². The van der Waals surface area contributed by atoms with Crippen LogP contribution in [0, 0.1) is 0 Å². The van der Waals surface area contributed by atoms with Crippen LogP contribution in [0.2, 0.25) is 0 Å². The Morgan fingerprint density at radius 1 is 0.344 bits per heavy atom. The number of esters is 2. The number of allylic oxidation sites excluding steroid dienone is 10. The molecule has 1 unspecified atom stereocenters. The molecule has 1 atom stereocenters. The summed E-state index contributed by atoms with van der Waals surface area (Å²) in [7, 11) is 0. The lowest BCUT2D eigenvalue weighted by atomic mass is 10.1. The van der Waals surface area contributed by atoms with E-state index in [9.17, 15) is 9.59 Å². The predicted molar refractivity (Wildman–Crippen MR) is 279 cm³/mol. The van der Waals surface area contributed by atoms with Crippen molar-refractivity contribution in [2.24, 2.45) is 0 Å². The summed E-state index contributed by atoms with van der Waals surface area (Å²) in [4.78, 5) is 25.5. The van der Waals surface area contributed by atoms with Crippen molar-refractivity contribution < 1.29 is 23.8 Å².